The highest BCUT2D eigenvalue weighted by Crippen LogP contribution is 2.07. The molecule has 0 bridgehead atoms. The molecule has 0 aliphatic heterocycles. The Labute approximate surface area is 105 Å². The van der Waals surface area contributed by atoms with Crippen LogP contribution in [0.3, 0.4) is 0 Å². The zero-order chi connectivity index (χ0) is 12.4. The Morgan fingerprint density at radius 3 is 2.12 bits per heavy atom. The maximum Gasteiger partial charge on any atom is 0.234 e. The number of hydrogen-bond donors (Lipinski definition) is 1. The van der Waals surface area contributed by atoms with E-state index in [1.165, 1.54) is 38.5 Å². The fourth-order valence-electron chi connectivity index (χ4n) is 1.53. The van der Waals surface area contributed by atoms with Crippen molar-refractivity contribution >= 4 is 11.4 Å². The SMILES string of the molecule is CCCCCCCCO[S+](C)NC(C)(C)C. The van der Waals surface area contributed by atoms with E-state index < -0.39 is 0 Å². The highest BCUT2D eigenvalue weighted by molar-refractivity contribution is 7.89. The normalized spacial score (nSPS) is 14.1. The van der Waals surface area contributed by atoms with Gasteiger partial charge in [-0.15, -0.1) is 4.72 Å². The molecule has 0 saturated heterocycles. The molecule has 1 atom stereocenters. The predicted molar refractivity (Wildman–Crippen MR) is 75.5 cm³/mol. The van der Waals surface area contributed by atoms with Crippen molar-refractivity contribution in [1.82, 2.24) is 4.72 Å². The van der Waals surface area contributed by atoms with Crippen LogP contribution in [0.5, 0.6) is 0 Å². The van der Waals surface area contributed by atoms with Gasteiger partial charge in [0, 0.05) is 0 Å². The van der Waals surface area contributed by atoms with Crippen molar-refractivity contribution in [3.63, 3.8) is 0 Å². The molecule has 0 heterocycles. The molecule has 0 spiro atoms. The first-order valence-corrected chi connectivity index (χ1v) is 8.08. The van der Waals surface area contributed by atoms with E-state index in [1.54, 1.807) is 0 Å². The van der Waals surface area contributed by atoms with E-state index in [9.17, 15) is 0 Å². The van der Waals surface area contributed by atoms with E-state index in [2.05, 4.69) is 38.7 Å². The van der Waals surface area contributed by atoms with Crippen molar-refractivity contribution < 1.29 is 4.18 Å². The number of unbranched alkanes of at least 4 members (excludes halogenated alkanes) is 5. The Kier molecular flexibility index (Phi) is 9.47. The van der Waals surface area contributed by atoms with Crippen LogP contribution < -0.4 is 4.72 Å². The molecule has 16 heavy (non-hydrogen) atoms. The molecule has 0 radical (unpaired) electrons. The van der Waals surface area contributed by atoms with Gasteiger partial charge in [-0.25, -0.2) is 0 Å². The highest BCUT2D eigenvalue weighted by atomic mass is 32.2. The molecule has 0 aromatic rings. The molecule has 0 fully saturated rings. The first-order chi connectivity index (χ1) is 7.45. The van der Waals surface area contributed by atoms with Gasteiger partial charge in [0.2, 0.25) is 11.4 Å². The third-order valence-electron chi connectivity index (χ3n) is 2.21. The number of nitrogens with one attached hydrogen (secondary N) is 1. The van der Waals surface area contributed by atoms with Gasteiger partial charge < -0.3 is 0 Å². The van der Waals surface area contributed by atoms with Crippen LogP contribution in [0.1, 0.15) is 66.2 Å². The second-order valence-electron chi connectivity index (χ2n) is 5.40. The molecular weight excluding hydrogens is 218 g/mol. The summed E-state index contributed by atoms with van der Waals surface area (Å²) in [5.74, 6) is 0. The first-order valence-electron chi connectivity index (χ1n) is 6.52. The lowest BCUT2D eigenvalue weighted by molar-refractivity contribution is 0.334. The maximum atomic E-state index is 5.74. The summed E-state index contributed by atoms with van der Waals surface area (Å²) in [5, 5.41) is 0. The monoisotopic (exact) mass is 248 g/mol. The smallest absolute Gasteiger partial charge is 0.152 e. The van der Waals surface area contributed by atoms with Gasteiger partial charge >= 0.3 is 0 Å². The largest absolute Gasteiger partial charge is 0.234 e. The minimum absolute atomic E-state index is 0.0983. The van der Waals surface area contributed by atoms with Crippen molar-refractivity contribution in [1.29, 1.82) is 0 Å². The number of rotatable bonds is 9. The Bertz CT molecular complexity index is 157. The van der Waals surface area contributed by atoms with Crippen LogP contribution in [0.4, 0.5) is 0 Å². The van der Waals surface area contributed by atoms with Crippen LogP contribution in [0, 0.1) is 0 Å². The van der Waals surface area contributed by atoms with Crippen molar-refractivity contribution in [2.45, 2.75) is 71.8 Å². The lowest BCUT2D eigenvalue weighted by atomic mass is 10.1. The van der Waals surface area contributed by atoms with Gasteiger partial charge in [0.1, 0.15) is 6.61 Å². The van der Waals surface area contributed by atoms with Gasteiger partial charge in [0.15, 0.2) is 6.26 Å². The summed E-state index contributed by atoms with van der Waals surface area (Å²) in [4.78, 5) is 0. The molecule has 0 amide bonds. The summed E-state index contributed by atoms with van der Waals surface area (Å²) >= 11 is -0.0983. The average Bonchev–Trinajstić information content (AvgIpc) is 2.13. The van der Waals surface area contributed by atoms with E-state index >= 15 is 0 Å². The van der Waals surface area contributed by atoms with Crippen LogP contribution >= 0.6 is 0 Å². The third kappa shape index (κ3) is 12.3. The molecule has 3 heteroatoms. The van der Waals surface area contributed by atoms with Crippen LogP contribution in [0.2, 0.25) is 0 Å². The summed E-state index contributed by atoms with van der Waals surface area (Å²) < 4.78 is 9.18. The van der Waals surface area contributed by atoms with Crippen molar-refractivity contribution in [2.24, 2.45) is 0 Å². The predicted octanol–water partition coefficient (Wildman–Crippen LogP) is 3.83. The molecule has 1 unspecified atom stereocenters. The van der Waals surface area contributed by atoms with Crippen molar-refractivity contribution in [3.05, 3.63) is 0 Å². The van der Waals surface area contributed by atoms with Crippen LogP contribution in [0.15, 0.2) is 0 Å². The molecule has 0 aromatic carbocycles. The van der Waals surface area contributed by atoms with Gasteiger partial charge in [-0.2, -0.15) is 4.18 Å². The van der Waals surface area contributed by atoms with E-state index in [-0.39, 0.29) is 16.9 Å². The molecule has 0 aliphatic rings. The van der Waals surface area contributed by atoms with Crippen LogP contribution in [-0.4, -0.2) is 18.4 Å². The summed E-state index contributed by atoms with van der Waals surface area (Å²) in [6.45, 7) is 9.67. The molecule has 1 N–H and O–H groups in total. The molecule has 98 valence electrons. The van der Waals surface area contributed by atoms with Gasteiger partial charge in [-0.05, 0) is 27.2 Å². The maximum absolute atomic E-state index is 5.74. The van der Waals surface area contributed by atoms with Gasteiger partial charge in [0.25, 0.3) is 0 Å². The minimum Gasteiger partial charge on any atom is -0.152 e. The molecule has 0 aromatic heterocycles. The second kappa shape index (κ2) is 9.32. The molecule has 0 aliphatic carbocycles. The van der Waals surface area contributed by atoms with Crippen LogP contribution in [0.25, 0.3) is 0 Å². The quantitative estimate of drug-likeness (QED) is 0.494. The van der Waals surface area contributed by atoms with Gasteiger partial charge in [0.05, 0.1) is 5.54 Å². The Morgan fingerprint density at radius 1 is 1.00 bits per heavy atom. The molecular formula is C13H30NOS+. The summed E-state index contributed by atoms with van der Waals surface area (Å²) in [5.41, 5.74) is 0.152. The van der Waals surface area contributed by atoms with Gasteiger partial charge in [-0.1, -0.05) is 39.0 Å². The zero-order valence-corrected chi connectivity index (χ0v) is 12.6. The van der Waals surface area contributed by atoms with Crippen LogP contribution in [-0.2, 0) is 15.5 Å². The van der Waals surface area contributed by atoms with E-state index in [0.29, 0.717) is 0 Å². The lowest BCUT2D eigenvalue weighted by Crippen LogP contribution is -2.41. The van der Waals surface area contributed by atoms with E-state index in [1.807, 2.05) is 0 Å². The molecule has 0 saturated carbocycles. The highest BCUT2D eigenvalue weighted by Gasteiger charge is 2.22. The topological polar surface area (TPSA) is 21.3 Å². The van der Waals surface area contributed by atoms with Crippen molar-refractivity contribution in [2.75, 3.05) is 12.9 Å². The standard InChI is InChI=1S/C13H30NOS/c1-6-7-8-9-10-11-12-15-16(5)14-13(2,3)4/h14H,6-12H2,1-5H3/q+1. The fraction of sp³-hybridized carbons (Fsp3) is 1.00. The Hall–Kier alpha value is 0.270. The van der Waals surface area contributed by atoms with Crippen molar-refractivity contribution in [3.8, 4) is 0 Å². The zero-order valence-electron chi connectivity index (χ0n) is 11.8. The molecule has 0 rings (SSSR count). The summed E-state index contributed by atoms with van der Waals surface area (Å²) in [6.07, 6.45) is 10.1. The minimum atomic E-state index is -0.0983. The van der Waals surface area contributed by atoms with E-state index in [4.69, 9.17) is 4.18 Å². The summed E-state index contributed by atoms with van der Waals surface area (Å²) in [7, 11) is 0. The Morgan fingerprint density at radius 2 is 1.56 bits per heavy atom. The summed E-state index contributed by atoms with van der Waals surface area (Å²) in [6, 6.07) is 0. The average molecular weight is 248 g/mol. The fourth-order valence-corrected chi connectivity index (χ4v) is 2.82. The third-order valence-corrected chi connectivity index (χ3v) is 3.63. The number of hydrogen-bond acceptors (Lipinski definition) is 2. The second-order valence-corrected chi connectivity index (χ2v) is 6.74. The lowest BCUT2D eigenvalue weighted by Gasteiger charge is -2.16. The van der Waals surface area contributed by atoms with E-state index in [0.717, 1.165) is 6.61 Å². The molecule has 2 nitrogen and oxygen atoms in total. The van der Waals surface area contributed by atoms with Gasteiger partial charge in [-0.3, -0.25) is 0 Å². The Balaban J connectivity index is 3.25. The first kappa shape index (κ1) is 16.3.